The van der Waals surface area contributed by atoms with Gasteiger partial charge in [-0.25, -0.2) is 0 Å². The number of hydrogen-bond donors (Lipinski definition) is 1. The molecular formula is C13H24N2O. The van der Waals surface area contributed by atoms with Gasteiger partial charge in [0.15, 0.2) is 0 Å². The van der Waals surface area contributed by atoms with Crippen molar-refractivity contribution in [1.29, 1.82) is 0 Å². The first-order valence-corrected chi connectivity index (χ1v) is 6.87. The minimum absolute atomic E-state index is 0.383. The monoisotopic (exact) mass is 224 g/mol. The Labute approximate surface area is 98.6 Å². The molecule has 0 aromatic carbocycles. The maximum absolute atomic E-state index is 11.8. The maximum Gasteiger partial charge on any atom is 0.222 e. The van der Waals surface area contributed by atoms with Crippen LogP contribution in [0.2, 0.25) is 0 Å². The second-order valence-corrected chi connectivity index (χ2v) is 5.13. The summed E-state index contributed by atoms with van der Waals surface area (Å²) >= 11 is 0. The van der Waals surface area contributed by atoms with Gasteiger partial charge in [-0.1, -0.05) is 12.8 Å². The molecule has 2 aliphatic heterocycles. The normalized spacial score (nSPS) is 27.9. The van der Waals surface area contributed by atoms with Crippen LogP contribution in [0.25, 0.3) is 0 Å². The standard InChI is InChI=1S/C13H24N2O/c16-13-7-2-1-5-10-15(13)11-8-12-6-3-4-9-14-12/h12,14H,1-11H2. The van der Waals surface area contributed by atoms with Gasteiger partial charge in [-0.05, 0) is 38.6 Å². The molecule has 92 valence electrons. The number of amides is 1. The topological polar surface area (TPSA) is 32.3 Å². The number of piperidine rings is 1. The van der Waals surface area contributed by atoms with Crippen molar-refractivity contribution in [2.45, 2.75) is 57.4 Å². The molecule has 3 nitrogen and oxygen atoms in total. The van der Waals surface area contributed by atoms with Gasteiger partial charge in [0, 0.05) is 25.6 Å². The van der Waals surface area contributed by atoms with Crippen LogP contribution in [0.3, 0.4) is 0 Å². The highest BCUT2D eigenvalue weighted by Crippen LogP contribution is 2.14. The highest BCUT2D eigenvalue weighted by Gasteiger charge is 2.18. The van der Waals surface area contributed by atoms with Crippen LogP contribution in [0, 0.1) is 0 Å². The Balaban J connectivity index is 1.72. The van der Waals surface area contributed by atoms with Crippen molar-refractivity contribution in [3.05, 3.63) is 0 Å². The van der Waals surface area contributed by atoms with E-state index in [1.54, 1.807) is 0 Å². The summed E-state index contributed by atoms with van der Waals surface area (Å²) in [5, 5.41) is 3.55. The van der Waals surface area contributed by atoms with Crippen LogP contribution < -0.4 is 5.32 Å². The van der Waals surface area contributed by atoms with Gasteiger partial charge in [-0.3, -0.25) is 4.79 Å². The zero-order chi connectivity index (χ0) is 11.2. The highest BCUT2D eigenvalue weighted by atomic mass is 16.2. The average molecular weight is 224 g/mol. The third-order valence-corrected chi connectivity index (χ3v) is 3.83. The largest absolute Gasteiger partial charge is 0.343 e. The molecule has 0 saturated carbocycles. The second-order valence-electron chi connectivity index (χ2n) is 5.13. The number of rotatable bonds is 3. The molecule has 16 heavy (non-hydrogen) atoms. The number of carbonyl (C=O) groups is 1. The zero-order valence-electron chi connectivity index (χ0n) is 10.2. The summed E-state index contributed by atoms with van der Waals surface area (Å²) in [7, 11) is 0. The molecule has 1 unspecified atom stereocenters. The maximum atomic E-state index is 11.8. The van der Waals surface area contributed by atoms with Crippen LogP contribution in [-0.4, -0.2) is 36.5 Å². The van der Waals surface area contributed by atoms with Crippen molar-refractivity contribution in [2.24, 2.45) is 0 Å². The van der Waals surface area contributed by atoms with Gasteiger partial charge in [0.05, 0.1) is 0 Å². The highest BCUT2D eigenvalue weighted by molar-refractivity contribution is 5.76. The molecule has 2 saturated heterocycles. The van der Waals surface area contributed by atoms with E-state index in [1.807, 2.05) is 0 Å². The van der Waals surface area contributed by atoms with E-state index in [9.17, 15) is 4.79 Å². The number of hydrogen-bond acceptors (Lipinski definition) is 2. The number of likely N-dealkylation sites (tertiary alicyclic amines) is 1. The lowest BCUT2D eigenvalue weighted by atomic mass is 10.0. The van der Waals surface area contributed by atoms with Crippen molar-refractivity contribution in [3.63, 3.8) is 0 Å². The van der Waals surface area contributed by atoms with Gasteiger partial charge in [0.2, 0.25) is 5.91 Å². The summed E-state index contributed by atoms with van der Waals surface area (Å²) < 4.78 is 0. The first kappa shape index (κ1) is 11.9. The molecule has 0 spiro atoms. The van der Waals surface area contributed by atoms with Gasteiger partial charge in [0.25, 0.3) is 0 Å². The Morgan fingerprint density at radius 2 is 2.12 bits per heavy atom. The fourth-order valence-electron chi connectivity index (χ4n) is 2.76. The molecule has 2 rings (SSSR count). The van der Waals surface area contributed by atoms with E-state index < -0.39 is 0 Å². The third-order valence-electron chi connectivity index (χ3n) is 3.83. The Bertz CT molecular complexity index is 224. The Morgan fingerprint density at radius 3 is 2.94 bits per heavy atom. The zero-order valence-corrected chi connectivity index (χ0v) is 10.2. The molecule has 0 aromatic rings. The molecule has 0 aromatic heterocycles. The lowest BCUT2D eigenvalue weighted by molar-refractivity contribution is -0.130. The second kappa shape index (κ2) is 6.24. The first-order valence-electron chi connectivity index (χ1n) is 6.87. The molecular weight excluding hydrogens is 200 g/mol. The van der Waals surface area contributed by atoms with E-state index in [0.717, 1.165) is 32.4 Å². The molecule has 1 amide bonds. The average Bonchev–Trinajstić information content (AvgIpc) is 2.53. The Hall–Kier alpha value is -0.570. The Morgan fingerprint density at radius 1 is 1.19 bits per heavy atom. The summed E-state index contributed by atoms with van der Waals surface area (Å²) in [4.78, 5) is 13.9. The molecule has 1 N–H and O–H groups in total. The smallest absolute Gasteiger partial charge is 0.222 e. The molecule has 1 atom stereocenters. The van der Waals surface area contributed by atoms with E-state index in [-0.39, 0.29) is 0 Å². The summed E-state index contributed by atoms with van der Waals surface area (Å²) in [6.45, 7) is 3.13. The van der Waals surface area contributed by atoms with Crippen LogP contribution in [0.4, 0.5) is 0 Å². The van der Waals surface area contributed by atoms with Crippen molar-refractivity contribution < 1.29 is 4.79 Å². The van der Waals surface area contributed by atoms with Crippen LogP contribution >= 0.6 is 0 Å². The first-order chi connectivity index (χ1) is 7.86. The fraction of sp³-hybridized carbons (Fsp3) is 0.923. The van der Waals surface area contributed by atoms with E-state index in [1.165, 1.54) is 38.6 Å². The van der Waals surface area contributed by atoms with E-state index in [0.29, 0.717) is 11.9 Å². The van der Waals surface area contributed by atoms with Gasteiger partial charge < -0.3 is 10.2 Å². The van der Waals surface area contributed by atoms with Crippen molar-refractivity contribution in [3.8, 4) is 0 Å². The summed E-state index contributed by atoms with van der Waals surface area (Å²) in [6, 6.07) is 0.657. The van der Waals surface area contributed by atoms with Gasteiger partial charge >= 0.3 is 0 Å². The molecule has 2 heterocycles. The summed E-state index contributed by atoms with van der Waals surface area (Å²) in [5.41, 5.74) is 0. The predicted octanol–water partition coefficient (Wildman–Crippen LogP) is 1.92. The van der Waals surface area contributed by atoms with E-state index >= 15 is 0 Å². The van der Waals surface area contributed by atoms with Crippen LogP contribution in [0.1, 0.15) is 51.4 Å². The SMILES string of the molecule is O=C1CCCCCN1CCC1CCCCN1. The van der Waals surface area contributed by atoms with Crippen molar-refractivity contribution in [2.75, 3.05) is 19.6 Å². The van der Waals surface area contributed by atoms with Crippen LogP contribution in [-0.2, 0) is 4.79 Å². The molecule has 2 aliphatic rings. The fourth-order valence-corrected chi connectivity index (χ4v) is 2.76. The minimum Gasteiger partial charge on any atom is -0.343 e. The van der Waals surface area contributed by atoms with E-state index in [4.69, 9.17) is 0 Å². The van der Waals surface area contributed by atoms with Crippen LogP contribution in [0.5, 0.6) is 0 Å². The van der Waals surface area contributed by atoms with Crippen molar-refractivity contribution >= 4 is 5.91 Å². The van der Waals surface area contributed by atoms with Gasteiger partial charge in [-0.2, -0.15) is 0 Å². The van der Waals surface area contributed by atoms with Crippen molar-refractivity contribution in [1.82, 2.24) is 10.2 Å². The summed E-state index contributed by atoms with van der Waals surface area (Å²) in [5.74, 6) is 0.383. The predicted molar refractivity (Wildman–Crippen MR) is 65.3 cm³/mol. The minimum atomic E-state index is 0.383. The summed E-state index contributed by atoms with van der Waals surface area (Å²) in [6.07, 6.45) is 9.40. The number of carbonyl (C=O) groups excluding carboxylic acids is 1. The van der Waals surface area contributed by atoms with E-state index in [2.05, 4.69) is 10.2 Å². The lowest BCUT2D eigenvalue weighted by Crippen LogP contribution is -2.39. The Kier molecular flexibility index (Phi) is 4.64. The molecule has 2 fully saturated rings. The number of nitrogens with one attached hydrogen (secondary N) is 1. The molecule has 3 heteroatoms. The number of nitrogens with zero attached hydrogens (tertiary/aromatic N) is 1. The van der Waals surface area contributed by atoms with Gasteiger partial charge in [-0.15, -0.1) is 0 Å². The lowest BCUT2D eigenvalue weighted by Gasteiger charge is -2.27. The quantitative estimate of drug-likeness (QED) is 0.794. The van der Waals surface area contributed by atoms with Gasteiger partial charge in [0.1, 0.15) is 0 Å². The molecule has 0 radical (unpaired) electrons. The van der Waals surface area contributed by atoms with Crippen LogP contribution in [0.15, 0.2) is 0 Å². The molecule has 0 bridgehead atoms. The third kappa shape index (κ3) is 3.48. The molecule has 0 aliphatic carbocycles.